The molecule has 0 rings (SSSR count). The molecule has 116 valence electrons. The summed E-state index contributed by atoms with van der Waals surface area (Å²) in [6, 6.07) is 0. The van der Waals surface area contributed by atoms with Crippen LogP contribution in [0.15, 0.2) is 0 Å². The zero-order chi connectivity index (χ0) is 15.8. The highest BCUT2D eigenvalue weighted by atomic mass is 35.5. The van der Waals surface area contributed by atoms with Crippen molar-refractivity contribution in [3.63, 3.8) is 0 Å². The van der Waals surface area contributed by atoms with Crippen LogP contribution in [0, 0.1) is 0 Å². The van der Waals surface area contributed by atoms with Gasteiger partial charge in [-0.1, -0.05) is 0 Å². The van der Waals surface area contributed by atoms with Crippen molar-refractivity contribution in [1.29, 1.82) is 0 Å². The molecule has 0 aromatic heterocycles. The van der Waals surface area contributed by atoms with Gasteiger partial charge in [-0.15, -0.1) is 0 Å². The number of halogens is 1. The van der Waals surface area contributed by atoms with E-state index in [0.717, 1.165) is 0 Å². The molecule has 0 saturated heterocycles. The lowest BCUT2D eigenvalue weighted by atomic mass is 10.2. The maximum Gasteiger partial charge on any atom is 0.410 e. The van der Waals surface area contributed by atoms with Crippen molar-refractivity contribution in [2.75, 3.05) is 19.7 Å². The second-order valence-electron chi connectivity index (χ2n) is 5.40. The Labute approximate surface area is 124 Å². The normalized spacial score (nSPS) is 10.8. The molecule has 0 atom stereocenters. The van der Waals surface area contributed by atoms with Crippen molar-refractivity contribution >= 4 is 28.9 Å². The van der Waals surface area contributed by atoms with Crippen molar-refractivity contribution in [3.05, 3.63) is 0 Å². The molecule has 0 aliphatic carbocycles. The quantitative estimate of drug-likeness (QED) is 0.534. The van der Waals surface area contributed by atoms with E-state index in [-0.39, 0.29) is 18.9 Å². The van der Waals surface area contributed by atoms with E-state index < -0.39 is 17.1 Å². The molecule has 0 spiro atoms. The maximum atomic E-state index is 11.9. The molecule has 0 aliphatic heterocycles. The van der Waals surface area contributed by atoms with E-state index in [0.29, 0.717) is 19.4 Å². The Morgan fingerprint density at radius 2 is 1.75 bits per heavy atom. The molecule has 0 aromatic carbocycles. The number of carbonyl (C=O) groups is 3. The lowest BCUT2D eigenvalue weighted by Crippen LogP contribution is -2.40. The molecule has 0 radical (unpaired) electrons. The van der Waals surface area contributed by atoms with Crippen LogP contribution in [0.3, 0.4) is 0 Å². The van der Waals surface area contributed by atoms with Crippen LogP contribution in [0.4, 0.5) is 9.59 Å². The molecular formula is C13H22ClNO5. The first-order chi connectivity index (χ1) is 9.11. The zero-order valence-corrected chi connectivity index (χ0v) is 13.2. The van der Waals surface area contributed by atoms with E-state index in [2.05, 4.69) is 4.74 Å². The van der Waals surface area contributed by atoms with Gasteiger partial charge in [-0.2, -0.15) is 0 Å². The molecule has 7 heteroatoms. The van der Waals surface area contributed by atoms with E-state index in [1.807, 2.05) is 0 Å². The second-order valence-corrected chi connectivity index (χ2v) is 5.71. The Morgan fingerprint density at radius 3 is 2.20 bits per heavy atom. The number of ether oxygens (including phenoxy) is 2. The van der Waals surface area contributed by atoms with Crippen LogP contribution in [0.1, 0.15) is 40.5 Å². The van der Waals surface area contributed by atoms with Gasteiger partial charge in [0.15, 0.2) is 0 Å². The molecule has 0 fully saturated rings. The lowest BCUT2D eigenvalue weighted by molar-refractivity contribution is -0.118. The highest BCUT2D eigenvalue weighted by Gasteiger charge is 2.22. The Morgan fingerprint density at radius 1 is 1.15 bits per heavy atom. The minimum Gasteiger partial charge on any atom is -0.454 e. The highest BCUT2D eigenvalue weighted by Crippen LogP contribution is 2.10. The summed E-state index contributed by atoms with van der Waals surface area (Å²) in [5.74, 6) is -0.122. The number of ketones is 1. The summed E-state index contributed by atoms with van der Waals surface area (Å²) in [7, 11) is 0. The van der Waals surface area contributed by atoms with E-state index >= 15 is 0 Å². The maximum absolute atomic E-state index is 11.9. The molecule has 0 bridgehead atoms. The van der Waals surface area contributed by atoms with Crippen LogP contribution in [0.2, 0.25) is 0 Å². The van der Waals surface area contributed by atoms with E-state index in [9.17, 15) is 14.4 Å². The monoisotopic (exact) mass is 307 g/mol. The topological polar surface area (TPSA) is 72.9 Å². The van der Waals surface area contributed by atoms with Gasteiger partial charge in [0, 0.05) is 18.1 Å². The summed E-state index contributed by atoms with van der Waals surface area (Å²) < 4.78 is 9.79. The van der Waals surface area contributed by atoms with Gasteiger partial charge in [-0.3, -0.25) is 4.79 Å². The summed E-state index contributed by atoms with van der Waals surface area (Å²) in [5, 5.41) is 0. The van der Waals surface area contributed by atoms with Crippen molar-refractivity contribution in [3.8, 4) is 0 Å². The van der Waals surface area contributed by atoms with Gasteiger partial charge in [0.1, 0.15) is 11.4 Å². The number of amides is 1. The summed E-state index contributed by atoms with van der Waals surface area (Å²) in [4.78, 5) is 34.8. The third kappa shape index (κ3) is 10.6. The average molecular weight is 308 g/mol. The number of rotatable bonds is 7. The predicted octanol–water partition coefficient (Wildman–Crippen LogP) is 2.97. The molecule has 0 aromatic rings. The van der Waals surface area contributed by atoms with Crippen LogP contribution < -0.4 is 0 Å². The molecule has 6 nitrogen and oxygen atoms in total. The molecular weight excluding hydrogens is 286 g/mol. The molecule has 0 aliphatic rings. The molecule has 1 amide bonds. The fourth-order valence-electron chi connectivity index (χ4n) is 1.39. The third-order valence-electron chi connectivity index (χ3n) is 2.10. The third-order valence-corrected chi connectivity index (χ3v) is 2.21. The van der Waals surface area contributed by atoms with Crippen LogP contribution in [-0.2, 0) is 14.3 Å². The number of carbonyl (C=O) groups excluding carboxylic acids is 3. The van der Waals surface area contributed by atoms with Gasteiger partial charge in [0.05, 0.1) is 13.2 Å². The summed E-state index contributed by atoms with van der Waals surface area (Å²) in [6.45, 7) is 7.24. The first-order valence-electron chi connectivity index (χ1n) is 6.41. The van der Waals surface area contributed by atoms with Gasteiger partial charge in [-0.05, 0) is 40.5 Å². The highest BCUT2D eigenvalue weighted by molar-refractivity contribution is 6.61. The SMILES string of the molecule is CC(=O)CN(CCCCOC(=O)Cl)C(=O)OC(C)(C)C. The first kappa shape index (κ1) is 18.7. The Kier molecular flexibility index (Phi) is 8.22. The van der Waals surface area contributed by atoms with E-state index in [4.69, 9.17) is 16.3 Å². The van der Waals surface area contributed by atoms with Crippen molar-refractivity contribution in [1.82, 2.24) is 4.90 Å². The second kappa shape index (κ2) is 8.79. The molecule has 0 unspecified atom stereocenters. The van der Waals surface area contributed by atoms with Crippen LogP contribution in [0.25, 0.3) is 0 Å². The fraction of sp³-hybridized carbons (Fsp3) is 0.769. The Hall–Kier alpha value is -1.30. The first-order valence-corrected chi connectivity index (χ1v) is 6.79. The van der Waals surface area contributed by atoms with Gasteiger partial charge in [-0.25, -0.2) is 9.59 Å². The molecule has 20 heavy (non-hydrogen) atoms. The minimum absolute atomic E-state index is 0.00417. The van der Waals surface area contributed by atoms with Crippen LogP contribution in [0.5, 0.6) is 0 Å². The molecule has 0 heterocycles. The summed E-state index contributed by atoms with van der Waals surface area (Å²) in [5.41, 5.74) is -1.46. The van der Waals surface area contributed by atoms with Gasteiger partial charge >= 0.3 is 11.5 Å². The zero-order valence-electron chi connectivity index (χ0n) is 12.4. The number of nitrogens with zero attached hydrogens (tertiary/aromatic N) is 1. The molecule has 0 saturated carbocycles. The van der Waals surface area contributed by atoms with E-state index in [1.54, 1.807) is 20.8 Å². The average Bonchev–Trinajstić information content (AvgIpc) is 2.23. The van der Waals surface area contributed by atoms with Crippen molar-refractivity contribution < 1.29 is 23.9 Å². The minimum atomic E-state index is -0.849. The summed E-state index contributed by atoms with van der Waals surface area (Å²) in [6.07, 6.45) is 0.605. The predicted molar refractivity (Wildman–Crippen MR) is 74.9 cm³/mol. The number of hydrogen-bond acceptors (Lipinski definition) is 5. The fourth-order valence-corrected chi connectivity index (χ4v) is 1.46. The Bertz CT molecular complexity index is 351. The smallest absolute Gasteiger partial charge is 0.410 e. The Balaban J connectivity index is 4.24. The number of unbranched alkanes of at least 4 members (excludes halogenated alkanes) is 1. The van der Waals surface area contributed by atoms with Gasteiger partial charge in [0.2, 0.25) is 0 Å². The van der Waals surface area contributed by atoms with Gasteiger partial charge < -0.3 is 14.4 Å². The lowest BCUT2D eigenvalue weighted by Gasteiger charge is -2.26. The van der Waals surface area contributed by atoms with Gasteiger partial charge in [0.25, 0.3) is 0 Å². The van der Waals surface area contributed by atoms with E-state index in [1.165, 1.54) is 11.8 Å². The number of hydrogen-bond donors (Lipinski definition) is 0. The van der Waals surface area contributed by atoms with Crippen molar-refractivity contribution in [2.24, 2.45) is 0 Å². The number of Topliss-reactive ketones (excluding diaryl/α,β-unsaturated/α-hetero) is 1. The summed E-state index contributed by atoms with van der Waals surface area (Å²) >= 11 is 5.02. The molecule has 0 N–H and O–H groups in total. The van der Waals surface area contributed by atoms with Crippen LogP contribution >= 0.6 is 11.6 Å². The largest absolute Gasteiger partial charge is 0.454 e. The van der Waals surface area contributed by atoms with Crippen molar-refractivity contribution in [2.45, 2.75) is 46.1 Å². The van der Waals surface area contributed by atoms with Crippen LogP contribution in [-0.4, -0.2) is 47.5 Å². The standard InChI is InChI=1S/C13H22ClNO5/c1-10(16)9-15(12(18)20-13(2,3)4)7-5-6-8-19-11(14)17/h5-9H2,1-4H3.